The van der Waals surface area contributed by atoms with Crippen LogP contribution in [0.1, 0.15) is 35.8 Å². The number of aromatic nitrogens is 1. The van der Waals surface area contributed by atoms with E-state index in [1.165, 1.54) is 12.8 Å². The molecule has 1 aromatic heterocycles. The van der Waals surface area contributed by atoms with E-state index in [0.29, 0.717) is 5.92 Å². The van der Waals surface area contributed by atoms with E-state index in [0.717, 1.165) is 22.2 Å². The second-order valence-electron chi connectivity index (χ2n) is 5.27. The van der Waals surface area contributed by atoms with Crippen molar-refractivity contribution in [2.45, 2.75) is 32.7 Å². The van der Waals surface area contributed by atoms with Gasteiger partial charge in [0.2, 0.25) is 0 Å². The standard InChI is InChI=1S/C15H18N2O/c1-9(11-7-8-11)17-15(18)14-10(2)16-13-6-4-3-5-12(13)14/h3-6,9,11,16H,7-8H2,1-2H3,(H,17,18). The first-order chi connectivity index (χ1) is 8.66. The average molecular weight is 242 g/mol. The van der Waals surface area contributed by atoms with Crippen molar-refractivity contribution in [1.82, 2.24) is 10.3 Å². The Kier molecular flexibility index (Phi) is 2.62. The Morgan fingerprint density at radius 1 is 1.39 bits per heavy atom. The zero-order valence-corrected chi connectivity index (χ0v) is 10.8. The molecule has 1 amide bonds. The molecule has 0 aliphatic heterocycles. The van der Waals surface area contributed by atoms with Crippen LogP contribution in [-0.4, -0.2) is 16.9 Å². The minimum absolute atomic E-state index is 0.0457. The molecule has 0 spiro atoms. The Hall–Kier alpha value is -1.77. The molecule has 3 nitrogen and oxygen atoms in total. The maximum atomic E-state index is 12.4. The summed E-state index contributed by atoms with van der Waals surface area (Å²) in [5.74, 6) is 0.726. The lowest BCUT2D eigenvalue weighted by atomic mass is 10.1. The Bertz CT molecular complexity index is 596. The van der Waals surface area contributed by atoms with Gasteiger partial charge in [0.1, 0.15) is 0 Å². The van der Waals surface area contributed by atoms with Gasteiger partial charge in [0.15, 0.2) is 0 Å². The van der Waals surface area contributed by atoms with E-state index in [9.17, 15) is 4.79 Å². The fraction of sp³-hybridized carbons (Fsp3) is 0.400. The maximum Gasteiger partial charge on any atom is 0.253 e. The molecule has 3 heteroatoms. The fourth-order valence-electron chi connectivity index (χ4n) is 2.56. The SMILES string of the molecule is Cc1[nH]c2ccccc2c1C(=O)NC(C)C1CC1. The fourth-order valence-corrected chi connectivity index (χ4v) is 2.56. The Morgan fingerprint density at radius 2 is 2.11 bits per heavy atom. The van der Waals surface area contributed by atoms with Gasteiger partial charge >= 0.3 is 0 Å². The van der Waals surface area contributed by atoms with E-state index in [2.05, 4.69) is 17.2 Å². The van der Waals surface area contributed by atoms with Crippen molar-refractivity contribution in [3.63, 3.8) is 0 Å². The molecule has 1 aromatic carbocycles. The van der Waals surface area contributed by atoms with Gasteiger partial charge in [0, 0.05) is 22.6 Å². The molecular formula is C15H18N2O. The quantitative estimate of drug-likeness (QED) is 0.853. The molecule has 0 saturated heterocycles. The normalized spacial score (nSPS) is 16.8. The Balaban J connectivity index is 1.92. The highest BCUT2D eigenvalue weighted by Gasteiger charge is 2.29. The van der Waals surface area contributed by atoms with Crippen molar-refractivity contribution in [1.29, 1.82) is 0 Å². The smallest absolute Gasteiger partial charge is 0.253 e. The van der Waals surface area contributed by atoms with Crippen molar-refractivity contribution < 1.29 is 4.79 Å². The second kappa shape index (κ2) is 4.16. The molecule has 1 fully saturated rings. The van der Waals surface area contributed by atoms with Crippen molar-refractivity contribution in [3.05, 3.63) is 35.5 Å². The van der Waals surface area contributed by atoms with Crippen LogP contribution in [-0.2, 0) is 0 Å². The number of H-pyrrole nitrogens is 1. The van der Waals surface area contributed by atoms with Crippen LogP contribution in [0.5, 0.6) is 0 Å². The minimum atomic E-state index is 0.0457. The molecule has 2 aromatic rings. The molecule has 1 atom stereocenters. The molecule has 0 radical (unpaired) electrons. The summed E-state index contributed by atoms with van der Waals surface area (Å²) in [7, 11) is 0. The molecule has 3 rings (SSSR count). The summed E-state index contributed by atoms with van der Waals surface area (Å²) in [6, 6.07) is 8.23. The first-order valence-electron chi connectivity index (χ1n) is 6.55. The Labute approximate surface area is 107 Å². The maximum absolute atomic E-state index is 12.4. The van der Waals surface area contributed by atoms with Gasteiger partial charge in [-0.2, -0.15) is 0 Å². The van der Waals surface area contributed by atoms with Crippen molar-refractivity contribution in [2.24, 2.45) is 5.92 Å². The molecule has 94 valence electrons. The highest BCUT2D eigenvalue weighted by Crippen LogP contribution is 2.32. The Morgan fingerprint density at radius 3 is 2.83 bits per heavy atom. The van der Waals surface area contributed by atoms with E-state index < -0.39 is 0 Å². The van der Waals surface area contributed by atoms with Crippen LogP contribution in [0.2, 0.25) is 0 Å². The summed E-state index contributed by atoms with van der Waals surface area (Å²) < 4.78 is 0. The van der Waals surface area contributed by atoms with Crippen LogP contribution in [0.4, 0.5) is 0 Å². The highest BCUT2D eigenvalue weighted by molar-refractivity contribution is 6.08. The number of hydrogen-bond acceptors (Lipinski definition) is 1. The molecule has 1 aliphatic rings. The number of carbonyl (C=O) groups is 1. The second-order valence-corrected chi connectivity index (χ2v) is 5.27. The van der Waals surface area contributed by atoms with E-state index in [4.69, 9.17) is 0 Å². The number of amides is 1. The molecule has 18 heavy (non-hydrogen) atoms. The van der Waals surface area contributed by atoms with E-state index in [1.807, 2.05) is 31.2 Å². The summed E-state index contributed by atoms with van der Waals surface area (Å²) in [5.41, 5.74) is 2.76. The molecular weight excluding hydrogens is 224 g/mol. The molecule has 1 aliphatic carbocycles. The van der Waals surface area contributed by atoms with Crippen molar-refractivity contribution in [2.75, 3.05) is 0 Å². The van der Waals surface area contributed by atoms with Gasteiger partial charge in [-0.1, -0.05) is 18.2 Å². The van der Waals surface area contributed by atoms with Crippen molar-refractivity contribution in [3.8, 4) is 0 Å². The third-order valence-electron chi connectivity index (χ3n) is 3.81. The zero-order valence-electron chi connectivity index (χ0n) is 10.8. The van der Waals surface area contributed by atoms with Crippen LogP contribution in [0, 0.1) is 12.8 Å². The number of para-hydroxylation sites is 1. The first-order valence-corrected chi connectivity index (χ1v) is 6.55. The molecule has 0 bridgehead atoms. The third-order valence-corrected chi connectivity index (χ3v) is 3.81. The number of benzene rings is 1. The molecule has 1 unspecified atom stereocenters. The van der Waals surface area contributed by atoms with Gasteiger partial charge in [-0.05, 0) is 38.7 Å². The van der Waals surface area contributed by atoms with Gasteiger partial charge in [-0.3, -0.25) is 4.79 Å². The van der Waals surface area contributed by atoms with Crippen LogP contribution >= 0.6 is 0 Å². The molecule has 2 N–H and O–H groups in total. The summed E-state index contributed by atoms with van der Waals surface area (Å²) in [6.45, 7) is 4.05. The van der Waals surface area contributed by atoms with Crippen LogP contribution in [0.3, 0.4) is 0 Å². The first kappa shape index (κ1) is 11.3. The van der Waals surface area contributed by atoms with Gasteiger partial charge < -0.3 is 10.3 Å². The number of aryl methyl sites for hydroxylation is 1. The van der Waals surface area contributed by atoms with E-state index in [1.54, 1.807) is 0 Å². The van der Waals surface area contributed by atoms with Gasteiger partial charge in [0.25, 0.3) is 5.91 Å². The van der Waals surface area contributed by atoms with Gasteiger partial charge in [-0.15, -0.1) is 0 Å². The molecule has 1 heterocycles. The number of carbonyl (C=O) groups excluding carboxylic acids is 1. The number of aromatic amines is 1. The van der Waals surface area contributed by atoms with E-state index in [-0.39, 0.29) is 11.9 Å². The van der Waals surface area contributed by atoms with E-state index >= 15 is 0 Å². The summed E-state index contributed by atoms with van der Waals surface area (Å²) in [6.07, 6.45) is 2.49. The van der Waals surface area contributed by atoms with Crippen molar-refractivity contribution >= 4 is 16.8 Å². The van der Waals surface area contributed by atoms with Crippen LogP contribution < -0.4 is 5.32 Å². The monoisotopic (exact) mass is 242 g/mol. The number of rotatable bonds is 3. The minimum Gasteiger partial charge on any atom is -0.358 e. The lowest BCUT2D eigenvalue weighted by Crippen LogP contribution is -2.34. The van der Waals surface area contributed by atoms with Gasteiger partial charge in [-0.25, -0.2) is 0 Å². The van der Waals surface area contributed by atoms with Gasteiger partial charge in [0.05, 0.1) is 5.56 Å². The highest BCUT2D eigenvalue weighted by atomic mass is 16.1. The lowest BCUT2D eigenvalue weighted by molar-refractivity contribution is 0.0937. The number of nitrogens with one attached hydrogen (secondary N) is 2. The zero-order chi connectivity index (χ0) is 12.7. The topological polar surface area (TPSA) is 44.9 Å². The third kappa shape index (κ3) is 1.90. The molecule has 1 saturated carbocycles. The lowest BCUT2D eigenvalue weighted by Gasteiger charge is -2.12. The predicted octanol–water partition coefficient (Wildman–Crippen LogP) is 3.00. The summed E-state index contributed by atoms with van der Waals surface area (Å²) >= 11 is 0. The number of hydrogen-bond donors (Lipinski definition) is 2. The summed E-state index contributed by atoms with van der Waals surface area (Å²) in [4.78, 5) is 15.6. The van der Waals surface area contributed by atoms with Crippen LogP contribution in [0.25, 0.3) is 10.9 Å². The predicted molar refractivity (Wildman–Crippen MR) is 72.7 cm³/mol. The average Bonchev–Trinajstić information content (AvgIpc) is 3.11. The van der Waals surface area contributed by atoms with Crippen LogP contribution in [0.15, 0.2) is 24.3 Å². The largest absolute Gasteiger partial charge is 0.358 e. The summed E-state index contributed by atoms with van der Waals surface area (Å²) in [5, 5.41) is 4.13. The number of fused-ring (bicyclic) bond motifs is 1.